The number of hydrogen-bond acceptors (Lipinski definition) is 6. The van der Waals surface area contributed by atoms with E-state index < -0.39 is 0 Å². The third-order valence-electron chi connectivity index (χ3n) is 4.54. The minimum atomic E-state index is -0.0748. The van der Waals surface area contributed by atoms with Crippen LogP contribution in [0, 0.1) is 6.92 Å². The van der Waals surface area contributed by atoms with E-state index in [0.29, 0.717) is 39.0 Å². The first-order valence-corrected chi connectivity index (χ1v) is 11.0. The molecule has 0 aliphatic heterocycles. The van der Waals surface area contributed by atoms with Crippen molar-refractivity contribution in [1.29, 1.82) is 0 Å². The lowest BCUT2D eigenvalue weighted by atomic mass is 10.2. The first-order chi connectivity index (χ1) is 13.6. The standard InChI is InChI=1S/C20H20N4O2S2/c1-3-4-9-23-18(26)15-7-5-6-8-16(15)22-19(23)28-12-14-10-17(25)24-13(2)11-27-20(24)21-14/h5-8,10-11H,3-4,9,12H2,1-2H3. The quantitative estimate of drug-likeness (QED) is 0.355. The number of nitrogens with zero attached hydrogens (tertiary/aromatic N) is 4. The van der Waals surface area contributed by atoms with Gasteiger partial charge in [-0.2, -0.15) is 0 Å². The normalized spacial score (nSPS) is 11.5. The summed E-state index contributed by atoms with van der Waals surface area (Å²) in [5.74, 6) is 0.486. The van der Waals surface area contributed by atoms with Crippen molar-refractivity contribution in [2.45, 2.75) is 44.1 Å². The van der Waals surface area contributed by atoms with Gasteiger partial charge in [-0.25, -0.2) is 9.97 Å². The van der Waals surface area contributed by atoms with Crippen LogP contribution in [0.2, 0.25) is 0 Å². The highest BCUT2D eigenvalue weighted by Crippen LogP contribution is 2.22. The third kappa shape index (κ3) is 3.49. The van der Waals surface area contributed by atoms with Crippen LogP contribution in [0.25, 0.3) is 15.9 Å². The van der Waals surface area contributed by atoms with Crippen molar-refractivity contribution in [1.82, 2.24) is 18.9 Å². The van der Waals surface area contributed by atoms with E-state index >= 15 is 0 Å². The van der Waals surface area contributed by atoms with Gasteiger partial charge < -0.3 is 0 Å². The highest BCUT2D eigenvalue weighted by molar-refractivity contribution is 7.98. The predicted octanol–water partition coefficient (Wildman–Crippen LogP) is 3.87. The van der Waals surface area contributed by atoms with Gasteiger partial charge in [0.2, 0.25) is 0 Å². The van der Waals surface area contributed by atoms with Crippen LogP contribution in [-0.4, -0.2) is 18.9 Å². The lowest BCUT2D eigenvalue weighted by molar-refractivity contribution is 0.557. The maximum Gasteiger partial charge on any atom is 0.262 e. The number of hydrogen-bond donors (Lipinski definition) is 0. The number of fused-ring (bicyclic) bond motifs is 2. The molecule has 0 spiro atoms. The van der Waals surface area contributed by atoms with Crippen molar-refractivity contribution in [2.24, 2.45) is 0 Å². The fourth-order valence-corrected chi connectivity index (χ4v) is 4.89. The van der Waals surface area contributed by atoms with Crippen LogP contribution in [-0.2, 0) is 12.3 Å². The van der Waals surface area contributed by atoms with E-state index in [4.69, 9.17) is 4.98 Å². The van der Waals surface area contributed by atoms with Crippen molar-refractivity contribution in [3.63, 3.8) is 0 Å². The predicted molar refractivity (Wildman–Crippen MR) is 115 cm³/mol. The Bertz CT molecular complexity index is 1270. The molecule has 3 heterocycles. The van der Waals surface area contributed by atoms with Gasteiger partial charge in [0.05, 0.1) is 16.6 Å². The number of thioether (sulfide) groups is 1. The molecular weight excluding hydrogens is 392 g/mol. The summed E-state index contributed by atoms with van der Waals surface area (Å²) in [4.78, 5) is 35.3. The van der Waals surface area contributed by atoms with Crippen LogP contribution in [0.4, 0.5) is 0 Å². The average molecular weight is 413 g/mol. The monoisotopic (exact) mass is 412 g/mol. The molecule has 8 heteroatoms. The number of rotatable bonds is 6. The first kappa shape index (κ1) is 18.9. The Hall–Kier alpha value is -2.45. The summed E-state index contributed by atoms with van der Waals surface area (Å²) in [6, 6.07) is 8.98. The lowest BCUT2D eigenvalue weighted by Gasteiger charge is -2.12. The van der Waals surface area contributed by atoms with Crippen LogP contribution in [0.15, 0.2) is 50.5 Å². The van der Waals surface area contributed by atoms with Crippen molar-refractivity contribution in [3.8, 4) is 0 Å². The summed E-state index contributed by atoms with van der Waals surface area (Å²) in [7, 11) is 0. The van der Waals surface area contributed by atoms with Gasteiger partial charge >= 0.3 is 0 Å². The molecule has 0 unspecified atom stereocenters. The number of unbranched alkanes of at least 4 members (excludes halogenated alkanes) is 1. The zero-order chi connectivity index (χ0) is 19.7. The van der Waals surface area contributed by atoms with E-state index in [1.54, 1.807) is 15.0 Å². The van der Waals surface area contributed by atoms with Gasteiger partial charge in [-0.15, -0.1) is 11.3 Å². The number of para-hydroxylation sites is 1. The van der Waals surface area contributed by atoms with E-state index in [-0.39, 0.29) is 11.1 Å². The van der Waals surface area contributed by atoms with Crippen LogP contribution >= 0.6 is 23.1 Å². The molecule has 0 saturated heterocycles. The van der Waals surface area contributed by atoms with Gasteiger partial charge in [-0.3, -0.25) is 18.6 Å². The van der Waals surface area contributed by atoms with Gasteiger partial charge in [-0.1, -0.05) is 37.2 Å². The fraction of sp³-hybridized carbons (Fsp3) is 0.300. The average Bonchev–Trinajstić information content (AvgIpc) is 3.07. The molecule has 6 nitrogen and oxygen atoms in total. The van der Waals surface area contributed by atoms with Crippen molar-refractivity contribution < 1.29 is 0 Å². The van der Waals surface area contributed by atoms with Crippen LogP contribution in [0.1, 0.15) is 31.2 Å². The second-order valence-corrected chi connectivity index (χ2v) is 8.37. The second kappa shape index (κ2) is 7.89. The minimum Gasteiger partial charge on any atom is -0.287 e. The van der Waals surface area contributed by atoms with E-state index in [9.17, 15) is 9.59 Å². The molecule has 144 valence electrons. The molecule has 0 fully saturated rings. The van der Waals surface area contributed by atoms with Crippen LogP contribution < -0.4 is 11.1 Å². The molecule has 0 aliphatic rings. The summed E-state index contributed by atoms with van der Waals surface area (Å²) in [5.41, 5.74) is 2.19. The van der Waals surface area contributed by atoms with Crippen LogP contribution in [0.5, 0.6) is 0 Å². The zero-order valence-corrected chi connectivity index (χ0v) is 17.3. The fourth-order valence-electron chi connectivity index (χ4n) is 3.08. The van der Waals surface area contributed by atoms with Crippen LogP contribution in [0.3, 0.4) is 0 Å². The molecule has 4 aromatic rings. The van der Waals surface area contributed by atoms with E-state index in [0.717, 1.165) is 18.5 Å². The topological polar surface area (TPSA) is 69.3 Å². The van der Waals surface area contributed by atoms with Crippen molar-refractivity contribution >= 4 is 39.0 Å². The summed E-state index contributed by atoms with van der Waals surface area (Å²) >= 11 is 2.90. The van der Waals surface area contributed by atoms with Gasteiger partial charge in [0.25, 0.3) is 11.1 Å². The lowest BCUT2D eigenvalue weighted by Crippen LogP contribution is -2.23. The summed E-state index contributed by atoms with van der Waals surface area (Å²) in [6.45, 7) is 4.63. The third-order valence-corrected chi connectivity index (χ3v) is 6.49. The first-order valence-electron chi connectivity index (χ1n) is 9.17. The highest BCUT2D eigenvalue weighted by Gasteiger charge is 2.13. The number of benzene rings is 1. The molecular formula is C20H20N4O2S2. The van der Waals surface area contributed by atoms with E-state index in [1.165, 1.54) is 23.1 Å². The molecule has 0 N–H and O–H groups in total. The largest absolute Gasteiger partial charge is 0.287 e. The Morgan fingerprint density at radius 1 is 1.18 bits per heavy atom. The zero-order valence-electron chi connectivity index (χ0n) is 15.7. The van der Waals surface area contributed by atoms with Gasteiger partial charge in [0, 0.05) is 29.4 Å². The van der Waals surface area contributed by atoms with Gasteiger partial charge in [-0.05, 0) is 25.5 Å². The van der Waals surface area contributed by atoms with Gasteiger partial charge in [0.1, 0.15) is 0 Å². The van der Waals surface area contributed by atoms with E-state index in [1.807, 2.05) is 36.6 Å². The van der Waals surface area contributed by atoms with Crippen molar-refractivity contribution in [2.75, 3.05) is 0 Å². The van der Waals surface area contributed by atoms with E-state index in [2.05, 4.69) is 11.9 Å². The number of aromatic nitrogens is 4. The molecule has 1 aromatic carbocycles. The summed E-state index contributed by atoms with van der Waals surface area (Å²) in [5, 5.41) is 3.23. The molecule has 3 aromatic heterocycles. The smallest absolute Gasteiger partial charge is 0.262 e. The Kier molecular flexibility index (Phi) is 5.32. The Morgan fingerprint density at radius 3 is 2.82 bits per heavy atom. The van der Waals surface area contributed by atoms with Crippen molar-refractivity contribution in [3.05, 3.63) is 67.8 Å². The maximum atomic E-state index is 12.9. The molecule has 0 saturated carbocycles. The van der Waals surface area contributed by atoms with Gasteiger partial charge in [0.15, 0.2) is 10.1 Å². The highest BCUT2D eigenvalue weighted by atomic mass is 32.2. The Labute approximate surface area is 169 Å². The Morgan fingerprint density at radius 2 is 2.00 bits per heavy atom. The summed E-state index contributed by atoms with van der Waals surface area (Å²) < 4.78 is 3.36. The molecule has 0 atom stereocenters. The summed E-state index contributed by atoms with van der Waals surface area (Å²) in [6.07, 6.45) is 1.91. The molecule has 4 rings (SSSR count). The molecule has 28 heavy (non-hydrogen) atoms. The second-order valence-electron chi connectivity index (χ2n) is 6.59. The molecule has 0 amide bonds. The molecule has 0 aliphatic carbocycles. The SMILES string of the molecule is CCCCn1c(SCc2cc(=O)n3c(C)csc3n2)nc2ccccc2c1=O. The minimum absolute atomic E-state index is 0.0149. The molecule has 0 radical (unpaired) electrons. The molecule has 0 bridgehead atoms. The maximum absolute atomic E-state index is 12.9. The Balaban J connectivity index is 1.71. The number of aryl methyl sites for hydroxylation is 1. The number of thiazole rings is 1.